The van der Waals surface area contributed by atoms with E-state index in [0.717, 1.165) is 40.3 Å². The zero-order valence-electron chi connectivity index (χ0n) is 18.3. The minimum absolute atomic E-state index is 0.236. The van der Waals surface area contributed by atoms with Gasteiger partial charge in [0.1, 0.15) is 0 Å². The Morgan fingerprint density at radius 3 is 2.33 bits per heavy atom. The van der Waals surface area contributed by atoms with Gasteiger partial charge < -0.3 is 9.84 Å². The van der Waals surface area contributed by atoms with Gasteiger partial charge in [0.15, 0.2) is 5.60 Å². The van der Waals surface area contributed by atoms with Crippen molar-refractivity contribution in [1.82, 2.24) is 0 Å². The Labute approximate surface area is 192 Å². The van der Waals surface area contributed by atoms with Crippen LogP contribution in [0.1, 0.15) is 29.5 Å². The Bertz CT molecular complexity index is 1530. The molecule has 0 saturated carbocycles. The monoisotopic (exact) mass is 432 g/mol. The highest BCUT2D eigenvalue weighted by molar-refractivity contribution is 6.18. The fourth-order valence-corrected chi connectivity index (χ4v) is 5.48. The predicted molar refractivity (Wildman–Crippen MR) is 132 cm³/mol. The summed E-state index contributed by atoms with van der Waals surface area (Å²) >= 11 is 0. The second-order valence-electron chi connectivity index (χ2n) is 8.89. The van der Waals surface area contributed by atoms with Gasteiger partial charge in [0.2, 0.25) is 0 Å². The minimum atomic E-state index is -1.32. The molecule has 6 rings (SSSR count). The SMILES string of the molecule is O=C(O)[C@]1(OCc2cc3c4ccccc4ccc3c3ccccc23)CCCc2ccccc21. The molecule has 3 heteroatoms. The summed E-state index contributed by atoms with van der Waals surface area (Å²) in [5.74, 6) is -0.912. The van der Waals surface area contributed by atoms with Crippen LogP contribution >= 0.6 is 0 Å². The van der Waals surface area contributed by atoms with Gasteiger partial charge in [-0.05, 0) is 74.3 Å². The van der Waals surface area contributed by atoms with Crippen molar-refractivity contribution in [3.05, 3.63) is 108 Å². The summed E-state index contributed by atoms with van der Waals surface area (Å²) in [5.41, 5.74) is 1.56. The maximum atomic E-state index is 12.6. The highest BCUT2D eigenvalue weighted by atomic mass is 16.5. The molecule has 0 saturated heterocycles. The van der Waals surface area contributed by atoms with Crippen molar-refractivity contribution in [1.29, 1.82) is 0 Å². The topological polar surface area (TPSA) is 46.5 Å². The number of carboxylic acids is 1. The molecule has 0 aliphatic heterocycles. The number of benzene rings is 5. The smallest absolute Gasteiger partial charge is 0.340 e. The Morgan fingerprint density at radius 1 is 0.788 bits per heavy atom. The minimum Gasteiger partial charge on any atom is -0.479 e. The van der Waals surface area contributed by atoms with Gasteiger partial charge in [-0.25, -0.2) is 4.79 Å². The fraction of sp³-hybridized carbons (Fsp3) is 0.167. The molecule has 0 spiro atoms. The van der Waals surface area contributed by atoms with Crippen molar-refractivity contribution in [3.8, 4) is 0 Å². The lowest BCUT2D eigenvalue weighted by atomic mass is 9.79. The van der Waals surface area contributed by atoms with E-state index in [0.29, 0.717) is 6.42 Å². The fourth-order valence-electron chi connectivity index (χ4n) is 5.48. The first kappa shape index (κ1) is 20.0. The van der Waals surface area contributed by atoms with Crippen LogP contribution in [0.15, 0.2) is 91.0 Å². The van der Waals surface area contributed by atoms with E-state index < -0.39 is 11.6 Å². The molecule has 33 heavy (non-hydrogen) atoms. The van der Waals surface area contributed by atoms with E-state index in [4.69, 9.17) is 4.74 Å². The maximum absolute atomic E-state index is 12.6. The molecule has 1 atom stereocenters. The quantitative estimate of drug-likeness (QED) is 0.312. The molecule has 0 aromatic heterocycles. The molecule has 0 unspecified atom stereocenters. The molecular formula is C30H24O3. The second kappa shape index (κ2) is 7.72. The van der Waals surface area contributed by atoms with Crippen molar-refractivity contribution >= 4 is 38.3 Å². The Balaban J connectivity index is 1.52. The molecule has 5 aromatic rings. The zero-order chi connectivity index (χ0) is 22.4. The van der Waals surface area contributed by atoms with E-state index >= 15 is 0 Å². The number of aryl methyl sites for hydroxylation is 1. The van der Waals surface area contributed by atoms with Gasteiger partial charge in [0.25, 0.3) is 0 Å². The van der Waals surface area contributed by atoms with Crippen molar-refractivity contribution in [2.75, 3.05) is 0 Å². The van der Waals surface area contributed by atoms with Crippen LogP contribution in [0.3, 0.4) is 0 Å². The number of fused-ring (bicyclic) bond motifs is 6. The zero-order valence-corrected chi connectivity index (χ0v) is 18.3. The van der Waals surface area contributed by atoms with Gasteiger partial charge in [-0.1, -0.05) is 84.9 Å². The summed E-state index contributed by atoms with van der Waals surface area (Å²) in [7, 11) is 0. The normalized spacial score (nSPS) is 17.9. The average molecular weight is 433 g/mol. The lowest BCUT2D eigenvalue weighted by Crippen LogP contribution is -2.41. The molecule has 3 nitrogen and oxygen atoms in total. The first-order valence-corrected chi connectivity index (χ1v) is 11.5. The number of ether oxygens (including phenoxy) is 1. The molecule has 1 N–H and O–H groups in total. The highest BCUT2D eigenvalue weighted by Crippen LogP contribution is 2.41. The van der Waals surface area contributed by atoms with E-state index in [1.54, 1.807) is 0 Å². The number of hydrogen-bond acceptors (Lipinski definition) is 2. The number of carboxylic acid groups (broad SMARTS) is 1. The van der Waals surface area contributed by atoms with Crippen LogP contribution < -0.4 is 0 Å². The van der Waals surface area contributed by atoms with Crippen LogP contribution in [0, 0.1) is 0 Å². The van der Waals surface area contributed by atoms with Crippen molar-refractivity contribution in [3.63, 3.8) is 0 Å². The third kappa shape index (κ3) is 3.12. The number of hydrogen-bond donors (Lipinski definition) is 1. The second-order valence-corrected chi connectivity index (χ2v) is 8.89. The summed E-state index contributed by atoms with van der Waals surface area (Å²) in [6.45, 7) is 0.236. The molecule has 0 amide bonds. The summed E-state index contributed by atoms with van der Waals surface area (Å²) in [4.78, 5) is 12.6. The summed E-state index contributed by atoms with van der Waals surface area (Å²) in [6.07, 6.45) is 2.17. The third-order valence-corrected chi connectivity index (χ3v) is 7.10. The third-order valence-electron chi connectivity index (χ3n) is 7.10. The number of aliphatic carboxylic acids is 1. The molecule has 5 aromatic carbocycles. The van der Waals surface area contributed by atoms with Crippen molar-refractivity contribution in [2.45, 2.75) is 31.5 Å². The first-order valence-electron chi connectivity index (χ1n) is 11.5. The molecule has 1 aliphatic rings. The van der Waals surface area contributed by atoms with E-state index in [1.807, 2.05) is 30.3 Å². The standard InChI is InChI=1S/C30H24O3/c31-29(32)30(17-7-10-21-9-2-6-14-28(21)30)33-19-22-18-27-23-11-3-1-8-20(23)15-16-26(27)25-13-5-4-12-24(22)25/h1-6,8-9,11-16,18H,7,10,17,19H2,(H,31,32)/t30-/m0/s1. The molecule has 0 heterocycles. The maximum Gasteiger partial charge on any atom is 0.340 e. The van der Waals surface area contributed by atoms with E-state index in [1.165, 1.54) is 21.5 Å². The van der Waals surface area contributed by atoms with Gasteiger partial charge in [-0.15, -0.1) is 0 Å². The Hall–Kier alpha value is -3.69. The van der Waals surface area contributed by atoms with Gasteiger partial charge in [-0.3, -0.25) is 0 Å². The van der Waals surface area contributed by atoms with Crippen LogP contribution in [0.4, 0.5) is 0 Å². The largest absolute Gasteiger partial charge is 0.479 e. The van der Waals surface area contributed by atoms with Gasteiger partial charge >= 0.3 is 5.97 Å². The van der Waals surface area contributed by atoms with E-state index in [-0.39, 0.29) is 6.61 Å². The molecule has 0 radical (unpaired) electrons. The van der Waals surface area contributed by atoms with Crippen LogP contribution in [-0.4, -0.2) is 11.1 Å². The lowest BCUT2D eigenvalue weighted by molar-refractivity contribution is -0.172. The van der Waals surface area contributed by atoms with Gasteiger partial charge in [0, 0.05) is 0 Å². The molecule has 1 aliphatic carbocycles. The van der Waals surface area contributed by atoms with Crippen molar-refractivity contribution < 1.29 is 14.6 Å². The molecule has 0 bridgehead atoms. The Morgan fingerprint density at radius 2 is 1.48 bits per heavy atom. The molecular weight excluding hydrogens is 408 g/mol. The summed E-state index contributed by atoms with van der Waals surface area (Å²) < 4.78 is 6.41. The van der Waals surface area contributed by atoms with E-state index in [2.05, 4.69) is 60.7 Å². The van der Waals surface area contributed by atoms with Crippen LogP contribution in [-0.2, 0) is 28.2 Å². The first-order chi connectivity index (χ1) is 16.2. The summed E-state index contributed by atoms with van der Waals surface area (Å²) in [5, 5.41) is 17.3. The number of rotatable bonds is 4. The lowest BCUT2D eigenvalue weighted by Gasteiger charge is -2.35. The van der Waals surface area contributed by atoms with Crippen LogP contribution in [0.25, 0.3) is 32.3 Å². The van der Waals surface area contributed by atoms with Crippen LogP contribution in [0.2, 0.25) is 0 Å². The molecule has 162 valence electrons. The predicted octanol–water partition coefficient (Wildman–Crippen LogP) is 6.98. The highest BCUT2D eigenvalue weighted by Gasteiger charge is 2.44. The average Bonchev–Trinajstić information content (AvgIpc) is 2.87. The summed E-state index contributed by atoms with van der Waals surface area (Å²) in [6, 6.07) is 31.0. The van der Waals surface area contributed by atoms with Gasteiger partial charge in [-0.2, -0.15) is 0 Å². The van der Waals surface area contributed by atoms with Crippen molar-refractivity contribution in [2.24, 2.45) is 0 Å². The number of carbonyl (C=O) groups is 1. The van der Waals surface area contributed by atoms with Crippen LogP contribution in [0.5, 0.6) is 0 Å². The van der Waals surface area contributed by atoms with E-state index in [9.17, 15) is 9.90 Å². The van der Waals surface area contributed by atoms with Gasteiger partial charge in [0.05, 0.1) is 6.61 Å². The Kier molecular flexibility index (Phi) is 4.67. The molecule has 0 fully saturated rings.